The van der Waals surface area contributed by atoms with Crippen LogP contribution in [-0.2, 0) is 17.8 Å². The van der Waals surface area contributed by atoms with Gasteiger partial charge in [-0.05, 0) is 19.0 Å². The van der Waals surface area contributed by atoms with Crippen molar-refractivity contribution in [3.8, 4) is 0 Å². The van der Waals surface area contributed by atoms with Crippen molar-refractivity contribution in [3.63, 3.8) is 0 Å². The highest BCUT2D eigenvalue weighted by Crippen LogP contribution is 2.19. The molecule has 0 aromatic carbocycles. The molecule has 3 heterocycles. The quantitative estimate of drug-likeness (QED) is 0.819. The number of hydrogen-bond acceptors (Lipinski definition) is 6. The lowest BCUT2D eigenvalue weighted by Crippen LogP contribution is -2.43. The van der Waals surface area contributed by atoms with E-state index in [9.17, 15) is 0 Å². The van der Waals surface area contributed by atoms with Crippen molar-refractivity contribution in [3.05, 3.63) is 10.8 Å². The zero-order valence-electron chi connectivity index (χ0n) is 9.01. The summed E-state index contributed by atoms with van der Waals surface area (Å²) in [4.78, 5) is 0.856. The minimum absolute atomic E-state index is 0.454. The first-order chi connectivity index (χ1) is 7.86. The summed E-state index contributed by atoms with van der Waals surface area (Å²) in [6, 6.07) is 0. The summed E-state index contributed by atoms with van der Waals surface area (Å²) in [6.45, 7) is 2.66. The summed E-state index contributed by atoms with van der Waals surface area (Å²) in [5, 5.41) is 17.0. The van der Waals surface area contributed by atoms with E-state index in [0.29, 0.717) is 6.61 Å². The maximum atomic E-state index is 5.05. The van der Waals surface area contributed by atoms with Crippen LogP contribution in [0.2, 0.25) is 0 Å². The number of methoxy groups -OCH3 is 1. The minimum atomic E-state index is 0.454. The summed E-state index contributed by atoms with van der Waals surface area (Å²) < 4.78 is 6.84. The molecular formula is C9H13N5OS. The normalized spacial score (nSPS) is 16.8. The van der Waals surface area contributed by atoms with Gasteiger partial charge in [0.2, 0.25) is 4.96 Å². The molecule has 1 saturated heterocycles. The number of nitrogens with one attached hydrogen (secondary N) is 1. The highest BCUT2D eigenvalue weighted by Gasteiger charge is 2.20. The second kappa shape index (κ2) is 4.08. The van der Waals surface area contributed by atoms with E-state index in [-0.39, 0.29) is 0 Å². The Bertz CT molecular complexity index is 489. The molecule has 0 saturated carbocycles. The van der Waals surface area contributed by atoms with Gasteiger partial charge in [0, 0.05) is 13.5 Å². The number of ether oxygens (including phenoxy) is 1. The van der Waals surface area contributed by atoms with Gasteiger partial charge in [0.05, 0.1) is 0 Å². The average molecular weight is 239 g/mol. The Hall–Kier alpha value is -1.05. The van der Waals surface area contributed by atoms with Crippen LogP contribution in [0.3, 0.4) is 0 Å². The largest absolute Gasteiger partial charge is 0.377 e. The van der Waals surface area contributed by atoms with Crippen LogP contribution < -0.4 is 5.32 Å². The number of nitrogens with zero attached hydrogens (tertiary/aromatic N) is 4. The first kappa shape index (κ1) is 10.1. The van der Waals surface area contributed by atoms with E-state index in [4.69, 9.17) is 4.74 Å². The number of aromatic nitrogens is 4. The van der Waals surface area contributed by atoms with Crippen LogP contribution in [0.25, 0.3) is 4.96 Å². The van der Waals surface area contributed by atoms with Crippen molar-refractivity contribution < 1.29 is 4.74 Å². The van der Waals surface area contributed by atoms with Gasteiger partial charge in [0.1, 0.15) is 11.6 Å². The third-order valence-corrected chi connectivity index (χ3v) is 3.62. The Balaban J connectivity index is 1.84. The smallest absolute Gasteiger partial charge is 0.234 e. The van der Waals surface area contributed by atoms with Crippen LogP contribution >= 0.6 is 11.3 Å². The molecule has 2 aromatic rings. The highest BCUT2D eigenvalue weighted by atomic mass is 32.1. The van der Waals surface area contributed by atoms with Gasteiger partial charge in [0.25, 0.3) is 0 Å². The van der Waals surface area contributed by atoms with Gasteiger partial charge in [-0.15, -0.1) is 10.2 Å². The van der Waals surface area contributed by atoms with Crippen LogP contribution in [0.1, 0.15) is 10.8 Å². The molecule has 3 rings (SSSR count). The zero-order valence-corrected chi connectivity index (χ0v) is 9.83. The average Bonchev–Trinajstić information content (AvgIpc) is 2.74. The molecule has 0 atom stereocenters. The Kier molecular flexibility index (Phi) is 2.58. The fourth-order valence-corrected chi connectivity index (χ4v) is 2.70. The molecular weight excluding hydrogens is 226 g/mol. The van der Waals surface area contributed by atoms with E-state index < -0.39 is 0 Å². The molecule has 1 aliphatic heterocycles. The van der Waals surface area contributed by atoms with Crippen LogP contribution in [0.15, 0.2) is 0 Å². The van der Waals surface area contributed by atoms with Gasteiger partial charge in [-0.1, -0.05) is 11.3 Å². The second-order valence-electron chi connectivity index (χ2n) is 3.97. The summed E-state index contributed by atoms with van der Waals surface area (Å²) >= 11 is 1.62. The molecule has 0 bridgehead atoms. The van der Waals surface area contributed by atoms with Crippen molar-refractivity contribution in [2.75, 3.05) is 20.2 Å². The van der Waals surface area contributed by atoms with Crippen LogP contribution in [-0.4, -0.2) is 40.0 Å². The lowest BCUT2D eigenvalue weighted by Gasteiger charge is -2.25. The Morgan fingerprint density at radius 3 is 3.06 bits per heavy atom. The van der Waals surface area contributed by atoms with Crippen molar-refractivity contribution in [1.29, 1.82) is 0 Å². The van der Waals surface area contributed by atoms with Gasteiger partial charge in [-0.2, -0.15) is 9.61 Å². The van der Waals surface area contributed by atoms with Gasteiger partial charge < -0.3 is 10.1 Å². The number of hydrogen-bond donors (Lipinski definition) is 1. The van der Waals surface area contributed by atoms with Crippen molar-refractivity contribution in [1.82, 2.24) is 25.1 Å². The SMILES string of the molecule is COCc1nnc2sc(CC3CNC3)nn12. The van der Waals surface area contributed by atoms with Gasteiger partial charge in [0.15, 0.2) is 5.82 Å². The van der Waals surface area contributed by atoms with Gasteiger partial charge in [-0.3, -0.25) is 0 Å². The summed E-state index contributed by atoms with van der Waals surface area (Å²) in [7, 11) is 1.65. The molecule has 0 unspecified atom stereocenters. The Morgan fingerprint density at radius 1 is 1.50 bits per heavy atom. The molecule has 1 fully saturated rings. The molecule has 1 N–H and O–H groups in total. The summed E-state index contributed by atoms with van der Waals surface area (Å²) in [5.41, 5.74) is 0. The van der Waals surface area contributed by atoms with Crippen LogP contribution in [0, 0.1) is 5.92 Å². The Labute approximate surface area is 96.6 Å². The summed E-state index contributed by atoms with van der Waals surface area (Å²) in [5.74, 6) is 1.50. The third kappa shape index (κ3) is 1.70. The summed E-state index contributed by atoms with van der Waals surface area (Å²) in [6.07, 6.45) is 1.04. The third-order valence-electron chi connectivity index (χ3n) is 2.70. The molecule has 7 heteroatoms. The van der Waals surface area contributed by atoms with E-state index in [1.54, 1.807) is 23.0 Å². The minimum Gasteiger partial charge on any atom is -0.377 e. The Morgan fingerprint density at radius 2 is 2.38 bits per heavy atom. The molecule has 16 heavy (non-hydrogen) atoms. The molecule has 0 radical (unpaired) electrons. The van der Waals surface area contributed by atoms with E-state index in [0.717, 1.165) is 41.2 Å². The van der Waals surface area contributed by atoms with E-state index in [2.05, 4.69) is 20.6 Å². The van der Waals surface area contributed by atoms with Crippen molar-refractivity contribution >= 4 is 16.3 Å². The van der Waals surface area contributed by atoms with Crippen LogP contribution in [0.4, 0.5) is 0 Å². The lowest BCUT2D eigenvalue weighted by atomic mass is 10.0. The second-order valence-corrected chi connectivity index (χ2v) is 5.01. The molecule has 0 spiro atoms. The predicted octanol–water partition coefficient (Wildman–Crippen LogP) is 0.0941. The zero-order chi connectivity index (χ0) is 11.0. The molecule has 86 valence electrons. The van der Waals surface area contributed by atoms with Gasteiger partial charge in [-0.25, -0.2) is 0 Å². The molecule has 6 nitrogen and oxygen atoms in total. The first-order valence-corrected chi connectivity index (χ1v) is 6.08. The molecule has 0 aliphatic carbocycles. The van der Waals surface area contributed by atoms with E-state index in [1.165, 1.54) is 0 Å². The fourth-order valence-electron chi connectivity index (χ4n) is 1.74. The monoisotopic (exact) mass is 239 g/mol. The molecule has 1 aliphatic rings. The maximum Gasteiger partial charge on any atom is 0.234 e. The van der Waals surface area contributed by atoms with Gasteiger partial charge >= 0.3 is 0 Å². The van der Waals surface area contributed by atoms with Crippen molar-refractivity contribution in [2.45, 2.75) is 13.0 Å². The van der Waals surface area contributed by atoms with Crippen molar-refractivity contribution in [2.24, 2.45) is 5.92 Å². The molecule has 2 aromatic heterocycles. The molecule has 0 amide bonds. The highest BCUT2D eigenvalue weighted by molar-refractivity contribution is 7.16. The van der Waals surface area contributed by atoms with Crippen LogP contribution in [0.5, 0.6) is 0 Å². The first-order valence-electron chi connectivity index (χ1n) is 5.26. The van der Waals surface area contributed by atoms with E-state index >= 15 is 0 Å². The van der Waals surface area contributed by atoms with E-state index in [1.807, 2.05) is 0 Å². The predicted molar refractivity (Wildman–Crippen MR) is 59.4 cm³/mol. The number of fused-ring (bicyclic) bond motifs is 1. The number of rotatable bonds is 4. The lowest BCUT2D eigenvalue weighted by molar-refractivity contribution is 0.176. The standard InChI is InChI=1S/C9H13N5OS/c1-15-5-7-11-12-9-14(7)13-8(16-9)2-6-3-10-4-6/h6,10H,2-5H2,1H3. The fraction of sp³-hybridized carbons (Fsp3) is 0.667. The topological polar surface area (TPSA) is 64.3 Å². The maximum absolute atomic E-state index is 5.05.